The lowest BCUT2D eigenvalue weighted by Gasteiger charge is -2.44. The zero-order valence-corrected chi connectivity index (χ0v) is 11.3. The predicted octanol–water partition coefficient (Wildman–Crippen LogP) is 2.08. The van der Waals surface area contributed by atoms with Crippen LogP contribution in [-0.2, 0) is 4.79 Å². The molecule has 0 radical (unpaired) electrons. The highest BCUT2D eigenvalue weighted by Crippen LogP contribution is 2.44. The smallest absolute Gasteiger partial charge is 0.255 e. The Hall–Kier alpha value is -1.97. The lowest BCUT2D eigenvalue weighted by atomic mass is 9.66. The number of hydrogen-bond donors (Lipinski definition) is 0. The Morgan fingerprint density at radius 2 is 1.85 bits per heavy atom. The largest absolute Gasteiger partial charge is 0.330 e. The number of benzene rings is 1. The van der Waals surface area contributed by atoms with E-state index in [1.54, 1.807) is 29.2 Å². The van der Waals surface area contributed by atoms with Crippen molar-refractivity contribution in [2.45, 2.75) is 25.7 Å². The van der Waals surface area contributed by atoms with E-state index in [1.807, 2.05) is 0 Å². The average molecular weight is 271 g/mol. The molecular formula is C16H17NO3. The van der Waals surface area contributed by atoms with E-state index in [2.05, 4.69) is 0 Å². The Morgan fingerprint density at radius 1 is 1.15 bits per heavy atom. The van der Waals surface area contributed by atoms with Crippen molar-refractivity contribution in [1.82, 2.24) is 4.90 Å². The number of Topliss-reactive ketones (excluding diaryl/α,β-unsaturated/α-hetero) is 1. The van der Waals surface area contributed by atoms with Gasteiger partial charge in [0.25, 0.3) is 5.91 Å². The van der Waals surface area contributed by atoms with Crippen LogP contribution in [0, 0.1) is 5.41 Å². The molecule has 1 heterocycles. The molecule has 0 aromatic heterocycles. The molecule has 0 atom stereocenters. The van der Waals surface area contributed by atoms with Crippen molar-refractivity contribution < 1.29 is 14.4 Å². The number of fused-ring (bicyclic) bond motifs is 1. The predicted molar refractivity (Wildman–Crippen MR) is 73.6 cm³/mol. The Kier molecular flexibility index (Phi) is 3.16. The van der Waals surface area contributed by atoms with Gasteiger partial charge in [0.05, 0.1) is 12.1 Å². The minimum Gasteiger partial charge on any atom is -0.330 e. The maximum atomic E-state index is 12.5. The number of hydrogen-bond acceptors (Lipinski definition) is 3. The number of ketones is 1. The monoisotopic (exact) mass is 271 g/mol. The van der Waals surface area contributed by atoms with Crippen LogP contribution >= 0.6 is 0 Å². The molecule has 1 amide bonds. The van der Waals surface area contributed by atoms with Gasteiger partial charge in [0.2, 0.25) is 0 Å². The van der Waals surface area contributed by atoms with Crippen LogP contribution in [-0.4, -0.2) is 36.0 Å². The molecule has 104 valence electrons. The van der Waals surface area contributed by atoms with E-state index in [-0.39, 0.29) is 23.7 Å². The summed E-state index contributed by atoms with van der Waals surface area (Å²) in [6.07, 6.45) is 4.44. The minimum absolute atomic E-state index is 0.0132. The number of carbonyl (C=O) groups excluding carboxylic acids is 3. The molecule has 0 spiro atoms. The van der Waals surface area contributed by atoms with Crippen LogP contribution < -0.4 is 0 Å². The molecule has 4 nitrogen and oxygen atoms in total. The molecule has 3 rings (SSSR count). The third-order valence-corrected chi connectivity index (χ3v) is 4.54. The van der Waals surface area contributed by atoms with Gasteiger partial charge < -0.3 is 9.69 Å². The lowest BCUT2D eigenvalue weighted by molar-refractivity contribution is -0.111. The van der Waals surface area contributed by atoms with Crippen LogP contribution in [0.15, 0.2) is 24.3 Å². The molecule has 0 N–H and O–H groups in total. The van der Waals surface area contributed by atoms with Gasteiger partial charge in [-0.05, 0) is 24.3 Å². The first kappa shape index (κ1) is 13.0. The van der Waals surface area contributed by atoms with E-state index in [9.17, 15) is 14.4 Å². The van der Waals surface area contributed by atoms with Crippen LogP contribution in [0.1, 0.15) is 46.4 Å². The van der Waals surface area contributed by atoms with Crippen LogP contribution in [0.3, 0.4) is 0 Å². The summed E-state index contributed by atoms with van der Waals surface area (Å²) in [5, 5.41) is 0. The number of rotatable bonds is 4. The molecule has 2 aliphatic rings. The highest BCUT2D eigenvalue weighted by molar-refractivity contribution is 6.13. The maximum absolute atomic E-state index is 12.5. The van der Waals surface area contributed by atoms with E-state index >= 15 is 0 Å². The molecule has 0 saturated heterocycles. The zero-order chi connectivity index (χ0) is 14.2. The van der Waals surface area contributed by atoms with Gasteiger partial charge in [-0.3, -0.25) is 9.59 Å². The van der Waals surface area contributed by atoms with Gasteiger partial charge >= 0.3 is 0 Å². The van der Waals surface area contributed by atoms with Crippen molar-refractivity contribution in [3.63, 3.8) is 0 Å². The van der Waals surface area contributed by atoms with Crippen LogP contribution in [0.5, 0.6) is 0 Å². The van der Waals surface area contributed by atoms with E-state index in [1.165, 1.54) is 0 Å². The van der Waals surface area contributed by atoms with Crippen molar-refractivity contribution in [1.29, 1.82) is 0 Å². The van der Waals surface area contributed by atoms with Crippen LogP contribution in [0.4, 0.5) is 0 Å². The first-order valence-corrected chi connectivity index (χ1v) is 7.00. The molecule has 1 aromatic rings. The number of amides is 1. The summed E-state index contributed by atoms with van der Waals surface area (Å²) in [7, 11) is 0. The Morgan fingerprint density at radius 3 is 2.45 bits per heavy atom. The van der Waals surface area contributed by atoms with Gasteiger partial charge in [-0.1, -0.05) is 24.6 Å². The van der Waals surface area contributed by atoms with Gasteiger partial charge in [-0.2, -0.15) is 0 Å². The van der Waals surface area contributed by atoms with E-state index in [0.29, 0.717) is 24.1 Å². The molecule has 1 aromatic carbocycles. The molecule has 1 saturated carbocycles. The number of nitrogens with zero attached hydrogens (tertiary/aromatic N) is 1. The standard InChI is InChI=1S/C16H17NO3/c18-9-8-16(6-3-7-16)11-17-10-14(19)12-4-1-2-5-13(12)15(17)20/h1-2,4-5,9H,3,6-8,10-11H2. The molecule has 20 heavy (non-hydrogen) atoms. The van der Waals surface area contributed by atoms with Crippen molar-refractivity contribution in [3.05, 3.63) is 35.4 Å². The van der Waals surface area contributed by atoms with E-state index < -0.39 is 0 Å². The van der Waals surface area contributed by atoms with Crippen LogP contribution in [0.25, 0.3) is 0 Å². The van der Waals surface area contributed by atoms with Crippen molar-refractivity contribution in [2.75, 3.05) is 13.1 Å². The molecule has 0 bridgehead atoms. The lowest BCUT2D eigenvalue weighted by Crippen LogP contribution is -2.49. The third-order valence-electron chi connectivity index (χ3n) is 4.54. The summed E-state index contributed by atoms with van der Waals surface area (Å²) in [4.78, 5) is 37.0. The second kappa shape index (κ2) is 4.85. The average Bonchev–Trinajstić information content (AvgIpc) is 2.42. The minimum atomic E-state index is -0.0933. The SMILES string of the molecule is O=CCC1(CN2CC(=O)c3ccccc3C2=O)CCC1. The van der Waals surface area contributed by atoms with Gasteiger partial charge in [0.1, 0.15) is 6.29 Å². The first-order chi connectivity index (χ1) is 9.65. The summed E-state index contributed by atoms with van der Waals surface area (Å²) in [5.41, 5.74) is 0.917. The summed E-state index contributed by atoms with van der Waals surface area (Å²) in [5.74, 6) is -0.0989. The van der Waals surface area contributed by atoms with Gasteiger partial charge in [0, 0.05) is 18.5 Å². The highest BCUT2D eigenvalue weighted by Gasteiger charge is 2.41. The summed E-state index contributed by atoms with van der Waals surface area (Å²) in [6.45, 7) is 0.654. The fraction of sp³-hybridized carbons (Fsp3) is 0.438. The quantitative estimate of drug-likeness (QED) is 0.788. The first-order valence-electron chi connectivity index (χ1n) is 7.00. The second-order valence-electron chi connectivity index (χ2n) is 5.85. The molecule has 0 unspecified atom stereocenters. The van der Waals surface area contributed by atoms with Crippen LogP contribution in [0.2, 0.25) is 0 Å². The normalized spacial score (nSPS) is 20.3. The topological polar surface area (TPSA) is 54.5 Å². The van der Waals surface area contributed by atoms with E-state index in [0.717, 1.165) is 25.5 Å². The Labute approximate surface area is 117 Å². The molecular weight excluding hydrogens is 254 g/mol. The van der Waals surface area contributed by atoms with Gasteiger partial charge in [-0.25, -0.2) is 0 Å². The Bertz CT molecular complexity index is 575. The summed E-state index contributed by atoms with van der Waals surface area (Å²) < 4.78 is 0. The molecule has 4 heteroatoms. The maximum Gasteiger partial charge on any atom is 0.255 e. The van der Waals surface area contributed by atoms with Gasteiger partial charge in [0.15, 0.2) is 5.78 Å². The third kappa shape index (κ3) is 2.05. The molecule has 1 fully saturated rings. The molecule has 1 aliphatic carbocycles. The summed E-state index contributed by atoms with van der Waals surface area (Å²) in [6, 6.07) is 6.96. The number of aldehydes is 1. The second-order valence-corrected chi connectivity index (χ2v) is 5.85. The van der Waals surface area contributed by atoms with Gasteiger partial charge in [-0.15, -0.1) is 0 Å². The van der Waals surface area contributed by atoms with Crippen molar-refractivity contribution >= 4 is 18.0 Å². The Balaban J connectivity index is 1.84. The fourth-order valence-corrected chi connectivity index (χ4v) is 3.23. The zero-order valence-electron chi connectivity index (χ0n) is 11.3. The highest BCUT2D eigenvalue weighted by atomic mass is 16.2. The van der Waals surface area contributed by atoms with Crippen molar-refractivity contribution in [3.8, 4) is 0 Å². The fourth-order valence-electron chi connectivity index (χ4n) is 3.23. The van der Waals surface area contributed by atoms with Crippen molar-refractivity contribution in [2.24, 2.45) is 5.41 Å². The summed E-state index contributed by atoms with van der Waals surface area (Å²) >= 11 is 0. The van der Waals surface area contributed by atoms with E-state index in [4.69, 9.17) is 0 Å². The molecule has 1 aliphatic heterocycles. The number of carbonyl (C=O) groups is 3.